The Morgan fingerprint density at radius 2 is 1.45 bits per heavy atom. The van der Waals surface area contributed by atoms with Crippen molar-refractivity contribution in [3.05, 3.63) is 84.6 Å². The van der Waals surface area contributed by atoms with E-state index in [1.807, 2.05) is 60.7 Å². The van der Waals surface area contributed by atoms with Crippen molar-refractivity contribution in [2.45, 2.75) is 0 Å². The van der Waals surface area contributed by atoms with Crippen molar-refractivity contribution >= 4 is 23.1 Å². The first kappa shape index (κ1) is 13.8. The monoisotopic (exact) mass is 289 g/mol. The van der Waals surface area contributed by atoms with Gasteiger partial charge in [-0.25, -0.2) is 4.98 Å². The average molecular weight is 289 g/mol. The lowest BCUT2D eigenvalue weighted by Gasteiger charge is -2.07. The van der Waals surface area contributed by atoms with E-state index < -0.39 is 0 Å². The van der Waals surface area contributed by atoms with E-state index in [1.54, 1.807) is 18.3 Å². The molecule has 0 spiro atoms. The summed E-state index contributed by atoms with van der Waals surface area (Å²) in [7, 11) is 0. The Morgan fingerprint density at radius 1 is 0.773 bits per heavy atom. The molecule has 0 aliphatic heterocycles. The molecule has 0 saturated heterocycles. The van der Waals surface area contributed by atoms with Crippen molar-refractivity contribution in [2.75, 3.05) is 10.6 Å². The first-order chi connectivity index (χ1) is 10.8. The Bertz CT molecular complexity index is 740. The van der Waals surface area contributed by atoms with Crippen molar-refractivity contribution in [3.8, 4) is 0 Å². The lowest BCUT2D eigenvalue weighted by atomic mass is 10.2. The number of nitrogens with zero attached hydrogens (tertiary/aromatic N) is 1. The van der Waals surface area contributed by atoms with E-state index in [0.29, 0.717) is 11.3 Å². The molecule has 1 heterocycles. The molecule has 0 fully saturated rings. The summed E-state index contributed by atoms with van der Waals surface area (Å²) in [4.78, 5) is 16.3. The maximum Gasteiger partial charge on any atom is 0.255 e. The van der Waals surface area contributed by atoms with E-state index in [1.165, 1.54) is 0 Å². The van der Waals surface area contributed by atoms with Gasteiger partial charge in [0.2, 0.25) is 0 Å². The minimum absolute atomic E-state index is 0.147. The lowest BCUT2D eigenvalue weighted by molar-refractivity contribution is 0.102. The van der Waals surface area contributed by atoms with Crippen LogP contribution in [0.4, 0.5) is 17.2 Å². The molecule has 0 aliphatic rings. The highest BCUT2D eigenvalue weighted by Gasteiger charge is 2.05. The summed E-state index contributed by atoms with van der Waals surface area (Å²) < 4.78 is 0. The highest BCUT2D eigenvalue weighted by atomic mass is 16.1. The first-order valence-electron chi connectivity index (χ1n) is 6.96. The minimum Gasteiger partial charge on any atom is -0.340 e. The second-order valence-electron chi connectivity index (χ2n) is 4.74. The maximum atomic E-state index is 12.0. The number of anilines is 3. The summed E-state index contributed by atoms with van der Waals surface area (Å²) in [5.74, 6) is 0.579. The van der Waals surface area contributed by atoms with E-state index in [4.69, 9.17) is 0 Å². The zero-order valence-corrected chi connectivity index (χ0v) is 11.9. The van der Waals surface area contributed by atoms with E-state index in [0.717, 1.165) is 11.5 Å². The Labute approximate surface area is 128 Å². The molecule has 4 heteroatoms. The zero-order chi connectivity index (χ0) is 15.2. The fourth-order valence-corrected chi connectivity index (χ4v) is 2.00. The quantitative estimate of drug-likeness (QED) is 0.761. The molecular weight excluding hydrogens is 274 g/mol. The lowest BCUT2D eigenvalue weighted by Crippen LogP contribution is -2.11. The Morgan fingerprint density at radius 3 is 2.09 bits per heavy atom. The number of nitrogens with one attached hydrogen (secondary N) is 2. The van der Waals surface area contributed by atoms with Crippen LogP contribution in [-0.4, -0.2) is 10.9 Å². The Kier molecular flexibility index (Phi) is 4.11. The molecule has 3 rings (SSSR count). The molecule has 0 bridgehead atoms. The first-order valence-corrected chi connectivity index (χ1v) is 6.96. The number of amides is 1. The van der Waals surface area contributed by atoms with Crippen LogP contribution in [0.1, 0.15) is 10.4 Å². The number of pyridine rings is 1. The van der Waals surface area contributed by atoms with Gasteiger partial charge < -0.3 is 10.6 Å². The Balaban J connectivity index is 1.66. The minimum atomic E-state index is -0.147. The summed E-state index contributed by atoms with van der Waals surface area (Å²) >= 11 is 0. The van der Waals surface area contributed by atoms with Gasteiger partial charge in [0.15, 0.2) is 0 Å². The molecule has 2 N–H and O–H groups in total. The third kappa shape index (κ3) is 3.49. The number of carbonyl (C=O) groups excluding carboxylic acids is 1. The highest BCUT2D eigenvalue weighted by Crippen LogP contribution is 2.16. The normalized spacial score (nSPS) is 10.0. The number of para-hydroxylation sites is 1. The van der Waals surface area contributed by atoms with Gasteiger partial charge >= 0.3 is 0 Å². The van der Waals surface area contributed by atoms with Crippen molar-refractivity contribution in [3.63, 3.8) is 0 Å². The summed E-state index contributed by atoms with van der Waals surface area (Å²) in [6.07, 6.45) is 1.63. The third-order valence-corrected chi connectivity index (χ3v) is 3.10. The molecule has 0 saturated carbocycles. The van der Waals surface area contributed by atoms with Gasteiger partial charge in [-0.05, 0) is 36.4 Å². The molecule has 2 aromatic carbocycles. The fraction of sp³-hybridized carbons (Fsp3) is 0. The molecule has 0 atom stereocenters. The number of rotatable bonds is 4. The number of aromatic nitrogens is 1. The smallest absolute Gasteiger partial charge is 0.255 e. The molecule has 0 unspecified atom stereocenters. The van der Waals surface area contributed by atoms with Crippen LogP contribution in [0.2, 0.25) is 0 Å². The summed E-state index contributed by atoms with van der Waals surface area (Å²) in [6, 6.07) is 22.5. The molecule has 108 valence electrons. The largest absolute Gasteiger partial charge is 0.340 e. The molecule has 4 nitrogen and oxygen atoms in total. The number of carbonyl (C=O) groups is 1. The van der Waals surface area contributed by atoms with Crippen LogP contribution < -0.4 is 10.6 Å². The van der Waals surface area contributed by atoms with E-state index in [-0.39, 0.29) is 5.91 Å². The van der Waals surface area contributed by atoms with Crippen LogP contribution in [0.3, 0.4) is 0 Å². The van der Waals surface area contributed by atoms with Crippen LogP contribution in [0.15, 0.2) is 79.0 Å². The summed E-state index contributed by atoms with van der Waals surface area (Å²) in [5, 5.41) is 6.01. The predicted octanol–water partition coefficient (Wildman–Crippen LogP) is 4.08. The van der Waals surface area contributed by atoms with Crippen LogP contribution in [0, 0.1) is 0 Å². The highest BCUT2D eigenvalue weighted by molar-refractivity contribution is 6.04. The van der Waals surface area contributed by atoms with E-state index in [2.05, 4.69) is 15.6 Å². The van der Waals surface area contributed by atoms with E-state index >= 15 is 0 Å². The molecule has 0 radical (unpaired) electrons. The molecule has 1 aromatic heterocycles. The summed E-state index contributed by atoms with van der Waals surface area (Å²) in [5.41, 5.74) is 2.25. The van der Waals surface area contributed by atoms with Gasteiger partial charge in [-0.1, -0.05) is 36.4 Å². The van der Waals surface area contributed by atoms with Gasteiger partial charge in [0.25, 0.3) is 5.91 Å². The maximum absolute atomic E-state index is 12.0. The van der Waals surface area contributed by atoms with Gasteiger partial charge in [0, 0.05) is 11.3 Å². The fourth-order valence-electron chi connectivity index (χ4n) is 2.00. The van der Waals surface area contributed by atoms with Crippen molar-refractivity contribution in [2.24, 2.45) is 0 Å². The van der Waals surface area contributed by atoms with Crippen molar-refractivity contribution in [1.82, 2.24) is 4.98 Å². The molecular formula is C18H15N3O. The van der Waals surface area contributed by atoms with Gasteiger partial charge in [-0.3, -0.25) is 4.79 Å². The van der Waals surface area contributed by atoms with Gasteiger partial charge in [0.1, 0.15) is 5.82 Å². The summed E-state index contributed by atoms with van der Waals surface area (Å²) in [6.45, 7) is 0. The second kappa shape index (κ2) is 6.54. The predicted molar refractivity (Wildman–Crippen MR) is 88.4 cm³/mol. The Hall–Kier alpha value is -3.14. The molecule has 1 amide bonds. The number of hydrogen-bond acceptors (Lipinski definition) is 3. The standard InChI is InChI=1S/C18H15N3O/c22-18(14-7-3-1-4-8-14)21-16-11-12-17(19-13-16)20-15-9-5-2-6-10-15/h1-13H,(H,19,20)(H,21,22). The third-order valence-electron chi connectivity index (χ3n) is 3.10. The molecule has 22 heavy (non-hydrogen) atoms. The van der Waals surface area contributed by atoms with E-state index in [9.17, 15) is 4.79 Å². The zero-order valence-electron chi connectivity index (χ0n) is 11.9. The van der Waals surface area contributed by atoms with Crippen LogP contribution in [0.25, 0.3) is 0 Å². The second-order valence-corrected chi connectivity index (χ2v) is 4.74. The van der Waals surface area contributed by atoms with Crippen LogP contribution >= 0.6 is 0 Å². The van der Waals surface area contributed by atoms with Crippen LogP contribution in [0.5, 0.6) is 0 Å². The molecule has 0 aliphatic carbocycles. The van der Waals surface area contributed by atoms with Gasteiger partial charge in [-0.2, -0.15) is 0 Å². The molecule has 3 aromatic rings. The SMILES string of the molecule is O=C(Nc1ccc(Nc2ccccc2)nc1)c1ccccc1. The number of hydrogen-bond donors (Lipinski definition) is 2. The van der Waals surface area contributed by atoms with Crippen molar-refractivity contribution < 1.29 is 4.79 Å². The average Bonchev–Trinajstić information content (AvgIpc) is 2.58. The number of benzene rings is 2. The van der Waals surface area contributed by atoms with Crippen LogP contribution in [-0.2, 0) is 0 Å². The topological polar surface area (TPSA) is 54.0 Å². The van der Waals surface area contributed by atoms with Gasteiger partial charge in [0.05, 0.1) is 11.9 Å². The van der Waals surface area contributed by atoms with Gasteiger partial charge in [-0.15, -0.1) is 0 Å². The van der Waals surface area contributed by atoms with Crippen molar-refractivity contribution in [1.29, 1.82) is 0 Å².